The van der Waals surface area contributed by atoms with Gasteiger partial charge in [-0.15, -0.1) is 24.0 Å². The van der Waals surface area contributed by atoms with Gasteiger partial charge in [0.05, 0.1) is 0 Å². The lowest BCUT2D eigenvalue weighted by Crippen LogP contribution is -2.38. The molecule has 2 rings (SSSR count). The van der Waals surface area contributed by atoms with Crippen LogP contribution >= 0.6 is 24.0 Å². The fraction of sp³-hybridized carbons (Fsp3) is 0.619. The van der Waals surface area contributed by atoms with Gasteiger partial charge in [-0.3, -0.25) is 9.79 Å². The Morgan fingerprint density at radius 2 is 1.93 bits per heavy atom. The minimum atomic E-state index is -0.0488. The number of rotatable bonds is 13. The number of aliphatic imine (C=N–C) groups is 1. The number of amides is 1. The standard InChI is InChI=1S/C21H34N4O3.HI/c1-3-22-21(23-13-5-15-27-4-2)24-14-12-17-6-10-19(11-7-17)28-16-20(26)25-18-8-9-18;/h6-7,10-11,18H,3-5,8-9,12-16H2,1-2H3,(H,25,26)(H2,22,23,24);1H. The van der Waals surface area contributed by atoms with Gasteiger partial charge in [0, 0.05) is 38.9 Å². The third-order valence-electron chi connectivity index (χ3n) is 4.21. The van der Waals surface area contributed by atoms with Crippen LogP contribution in [-0.2, 0) is 16.0 Å². The predicted octanol–water partition coefficient (Wildman–Crippen LogP) is 2.49. The molecule has 0 aliphatic heterocycles. The van der Waals surface area contributed by atoms with Crippen LogP contribution in [0.5, 0.6) is 5.75 Å². The molecule has 0 heterocycles. The largest absolute Gasteiger partial charge is 0.484 e. The molecule has 7 nitrogen and oxygen atoms in total. The highest BCUT2D eigenvalue weighted by Crippen LogP contribution is 2.18. The first kappa shape index (κ1) is 25.5. The van der Waals surface area contributed by atoms with Gasteiger partial charge < -0.3 is 25.4 Å². The minimum absolute atomic E-state index is 0. The van der Waals surface area contributed by atoms with Crippen molar-refractivity contribution in [1.29, 1.82) is 0 Å². The summed E-state index contributed by atoms with van der Waals surface area (Å²) < 4.78 is 10.9. The highest BCUT2D eigenvalue weighted by atomic mass is 127. The van der Waals surface area contributed by atoms with Crippen LogP contribution in [0.1, 0.15) is 38.7 Å². The first-order valence-electron chi connectivity index (χ1n) is 10.3. The van der Waals surface area contributed by atoms with Gasteiger partial charge in [-0.2, -0.15) is 0 Å². The monoisotopic (exact) mass is 518 g/mol. The van der Waals surface area contributed by atoms with Gasteiger partial charge >= 0.3 is 0 Å². The van der Waals surface area contributed by atoms with E-state index in [9.17, 15) is 4.79 Å². The number of benzene rings is 1. The van der Waals surface area contributed by atoms with Crippen molar-refractivity contribution in [2.24, 2.45) is 4.99 Å². The summed E-state index contributed by atoms with van der Waals surface area (Å²) in [7, 11) is 0. The van der Waals surface area contributed by atoms with Crippen molar-refractivity contribution in [3.8, 4) is 5.75 Å². The van der Waals surface area contributed by atoms with E-state index in [1.165, 1.54) is 5.56 Å². The zero-order valence-corrected chi connectivity index (χ0v) is 19.9. The fourth-order valence-corrected chi connectivity index (χ4v) is 2.57. The van der Waals surface area contributed by atoms with Crippen LogP contribution in [0.15, 0.2) is 29.3 Å². The Labute approximate surface area is 191 Å². The highest BCUT2D eigenvalue weighted by Gasteiger charge is 2.23. The normalized spacial score (nSPS) is 13.4. The zero-order valence-electron chi connectivity index (χ0n) is 17.5. The topological polar surface area (TPSA) is 84.0 Å². The fourth-order valence-electron chi connectivity index (χ4n) is 2.57. The molecule has 1 aliphatic carbocycles. The second kappa shape index (κ2) is 15.3. The van der Waals surface area contributed by atoms with E-state index in [2.05, 4.69) is 27.9 Å². The van der Waals surface area contributed by atoms with E-state index in [0.717, 1.165) is 64.5 Å². The summed E-state index contributed by atoms with van der Waals surface area (Å²) in [6.07, 6.45) is 3.97. The average molecular weight is 518 g/mol. The molecule has 0 bridgehead atoms. The van der Waals surface area contributed by atoms with E-state index in [1.807, 2.05) is 31.2 Å². The summed E-state index contributed by atoms with van der Waals surface area (Å²) >= 11 is 0. The van der Waals surface area contributed by atoms with Crippen molar-refractivity contribution in [2.75, 3.05) is 39.5 Å². The number of carbonyl (C=O) groups is 1. The molecule has 164 valence electrons. The molecular weight excluding hydrogens is 483 g/mol. The van der Waals surface area contributed by atoms with Gasteiger partial charge in [0.15, 0.2) is 12.6 Å². The molecule has 1 saturated carbocycles. The Kier molecular flexibility index (Phi) is 13.5. The molecule has 0 atom stereocenters. The summed E-state index contributed by atoms with van der Waals surface area (Å²) in [5, 5.41) is 9.52. The molecule has 1 amide bonds. The Bertz CT molecular complexity index is 606. The van der Waals surface area contributed by atoms with Crippen molar-refractivity contribution in [3.63, 3.8) is 0 Å². The van der Waals surface area contributed by atoms with Crippen LogP contribution in [0.25, 0.3) is 0 Å². The quantitative estimate of drug-likeness (QED) is 0.162. The van der Waals surface area contributed by atoms with E-state index < -0.39 is 0 Å². The Morgan fingerprint density at radius 1 is 1.17 bits per heavy atom. The molecule has 0 saturated heterocycles. The lowest BCUT2D eigenvalue weighted by molar-refractivity contribution is -0.123. The zero-order chi connectivity index (χ0) is 20.0. The van der Waals surface area contributed by atoms with Crippen LogP contribution in [0, 0.1) is 0 Å². The van der Waals surface area contributed by atoms with Crippen molar-refractivity contribution in [3.05, 3.63) is 29.8 Å². The number of nitrogens with zero attached hydrogens (tertiary/aromatic N) is 1. The number of hydrogen-bond acceptors (Lipinski definition) is 4. The van der Waals surface area contributed by atoms with Crippen molar-refractivity contribution >= 4 is 35.8 Å². The number of ether oxygens (including phenoxy) is 2. The number of nitrogens with one attached hydrogen (secondary N) is 3. The third kappa shape index (κ3) is 11.9. The Hall–Kier alpha value is -1.55. The third-order valence-corrected chi connectivity index (χ3v) is 4.21. The molecule has 29 heavy (non-hydrogen) atoms. The second-order valence-electron chi connectivity index (χ2n) is 6.76. The van der Waals surface area contributed by atoms with Gasteiger partial charge in [0.25, 0.3) is 5.91 Å². The highest BCUT2D eigenvalue weighted by molar-refractivity contribution is 14.0. The first-order valence-corrected chi connectivity index (χ1v) is 10.3. The van der Waals surface area contributed by atoms with E-state index >= 15 is 0 Å². The Balaban J connectivity index is 0.00000420. The predicted molar refractivity (Wildman–Crippen MR) is 127 cm³/mol. The molecular formula is C21H35IN4O3. The lowest BCUT2D eigenvalue weighted by Gasteiger charge is -2.12. The van der Waals surface area contributed by atoms with E-state index in [0.29, 0.717) is 11.8 Å². The number of carbonyl (C=O) groups excluding carboxylic acids is 1. The Morgan fingerprint density at radius 3 is 2.59 bits per heavy atom. The second-order valence-corrected chi connectivity index (χ2v) is 6.76. The summed E-state index contributed by atoms with van der Waals surface area (Å²) in [4.78, 5) is 16.2. The minimum Gasteiger partial charge on any atom is -0.484 e. The average Bonchev–Trinajstić information content (AvgIpc) is 3.51. The van der Waals surface area contributed by atoms with Crippen molar-refractivity contribution in [2.45, 2.75) is 45.6 Å². The van der Waals surface area contributed by atoms with Gasteiger partial charge in [-0.1, -0.05) is 12.1 Å². The van der Waals surface area contributed by atoms with E-state index in [1.54, 1.807) is 0 Å². The van der Waals surface area contributed by atoms with E-state index in [4.69, 9.17) is 9.47 Å². The van der Waals surface area contributed by atoms with Crippen molar-refractivity contribution in [1.82, 2.24) is 16.0 Å². The number of hydrogen-bond donors (Lipinski definition) is 3. The van der Waals surface area contributed by atoms with Gasteiger partial charge in [0.1, 0.15) is 5.75 Å². The molecule has 0 aromatic heterocycles. The van der Waals surface area contributed by atoms with Gasteiger partial charge in [0.2, 0.25) is 0 Å². The molecule has 8 heteroatoms. The van der Waals surface area contributed by atoms with Crippen molar-refractivity contribution < 1.29 is 14.3 Å². The van der Waals surface area contributed by atoms with Gasteiger partial charge in [-0.25, -0.2) is 0 Å². The first-order chi connectivity index (χ1) is 13.7. The maximum atomic E-state index is 11.7. The molecule has 0 spiro atoms. The molecule has 1 fully saturated rings. The van der Waals surface area contributed by atoms with Crippen LogP contribution < -0.4 is 20.7 Å². The molecule has 1 aromatic carbocycles. The summed E-state index contributed by atoms with van der Waals surface area (Å²) in [6, 6.07) is 8.25. The van der Waals surface area contributed by atoms with Crippen LogP contribution in [0.3, 0.4) is 0 Å². The molecule has 3 N–H and O–H groups in total. The molecule has 1 aromatic rings. The SMILES string of the molecule is CCNC(=NCCCOCC)NCCc1ccc(OCC(=O)NC2CC2)cc1.I. The summed E-state index contributed by atoms with van der Waals surface area (Å²) in [5.74, 6) is 1.50. The summed E-state index contributed by atoms with van der Waals surface area (Å²) in [5.41, 5.74) is 1.20. The van der Waals surface area contributed by atoms with Crippen LogP contribution in [-0.4, -0.2) is 57.4 Å². The van der Waals surface area contributed by atoms with Gasteiger partial charge in [-0.05, 0) is 57.2 Å². The maximum absolute atomic E-state index is 11.7. The van der Waals surface area contributed by atoms with Crippen LogP contribution in [0.4, 0.5) is 0 Å². The molecule has 0 unspecified atom stereocenters. The summed E-state index contributed by atoms with van der Waals surface area (Å²) in [6.45, 7) is 7.99. The number of halogens is 1. The maximum Gasteiger partial charge on any atom is 0.258 e. The number of guanidine groups is 1. The molecule has 1 aliphatic rings. The molecule has 0 radical (unpaired) electrons. The lowest BCUT2D eigenvalue weighted by atomic mass is 10.1. The van der Waals surface area contributed by atoms with E-state index in [-0.39, 0.29) is 36.5 Å². The smallest absolute Gasteiger partial charge is 0.258 e. The van der Waals surface area contributed by atoms with Crippen LogP contribution in [0.2, 0.25) is 0 Å².